The number of aromatic nitrogens is 1. The second-order valence-corrected chi connectivity index (χ2v) is 4.05. The van der Waals surface area contributed by atoms with Crippen LogP contribution in [0, 0.1) is 20.8 Å². The van der Waals surface area contributed by atoms with Gasteiger partial charge in [0.1, 0.15) is 5.76 Å². The highest BCUT2D eigenvalue weighted by Crippen LogP contribution is 2.33. The van der Waals surface area contributed by atoms with E-state index in [1.165, 1.54) is 10.4 Å². The molecule has 0 spiro atoms. The van der Waals surface area contributed by atoms with Crippen molar-refractivity contribution in [3.63, 3.8) is 0 Å². The molecule has 0 aliphatic heterocycles. The Morgan fingerprint density at radius 1 is 1.31 bits per heavy atom. The van der Waals surface area contributed by atoms with Crippen molar-refractivity contribution in [1.29, 1.82) is 0 Å². The number of hydrogen-bond acceptors (Lipinski definition) is 3. The maximum Gasteiger partial charge on any atom is 0.142 e. The maximum atomic E-state index is 5.13. The zero-order valence-electron chi connectivity index (χ0n) is 7.92. The fraction of sp³-hybridized carbons (Fsp3) is 0.300. The molecule has 0 radical (unpaired) electrons. The Labute approximate surface area is 81.2 Å². The van der Waals surface area contributed by atoms with Crippen molar-refractivity contribution in [3.8, 4) is 10.4 Å². The lowest BCUT2D eigenvalue weighted by molar-refractivity contribution is 0.393. The first-order chi connectivity index (χ1) is 6.20. The fourth-order valence-electron chi connectivity index (χ4n) is 1.44. The molecule has 0 fully saturated rings. The molecule has 0 unspecified atom stereocenters. The van der Waals surface area contributed by atoms with Gasteiger partial charge in [0, 0.05) is 4.88 Å². The second kappa shape index (κ2) is 3.00. The van der Waals surface area contributed by atoms with Crippen LogP contribution in [0.15, 0.2) is 16.0 Å². The highest BCUT2D eigenvalue weighted by molar-refractivity contribution is 7.13. The van der Waals surface area contributed by atoms with Crippen LogP contribution in [0.5, 0.6) is 0 Å². The van der Waals surface area contributed by atoms with E-state index < -0.39 is 0 Å². The quantitative estimate of drug-likeness (QED) is 0.694. The molecule has 0 aliphatic carbocycles. The minimum absolute atomic E-state index is 0.906. The molecule has 0 bridgehead atoms. The molecule has 0 amide bonds. The summed E-state index contributed by atoms with van der Waals surface area (Å²) in [4.78, 5) is 1.27. The highest BCUT2D eigenvalue weighted by atomic mass is 32.1. The Morgan fingerprint density at radius 2 is 2.08 bits per heavy atom. The molecule has 68 valence electrons. The molecule has 2 nitrogen and oxygen atoms in total. The first-order valence-electron chi connectivity index (χ1n) is 4.17. The van der Waals surface area contributed by atoms with Gasteiger partial charge < -0.3 is 4.52 Å². The normalized spacial score (nSPS) is 10.7. The van der Waals surface area contributed by atoms with Crippen LogP contribution in [0.1, 0.15) is 17.0 Å². The summed E-state index contributed by atoms with van der Waals surface area (Å²) in [7, 11) is 0. The van der Waals surface area contributed by atoms with Crippen LogP contribution >= 0.6 is 11.3 Å². The third kappa shape index (κ3) is 1.29. The van der Waals surface area contributed by atoms with Crippen molar-refractivity contribution in [2.24, 2.45) is 0 Å². The predicted octanol–water partition coefficient (Wildman–Crippen LogP) is 3.33. The van der Waals surface area contributed by atoms with Gasteiger partial charge in [-0.2, -0.15) is 0 Å². The van der Waals surface area contributed by atoms with E-state index in [9.17, 15) is 0 Å². The predicted molar refractivity (Wildman–Crippen MR) is 54.0 cm³/mol. The van der Waals surface area contributed by atoms with E-state index in [2.05, 4.69) is 23.5 Å². The van der Waals surface area contributed by atoms with Gasteiger partial charge in [-0.25, -0.2) is 0 Å². The zero-order valence-corrected chi connectivity index (χ0v) is 8.73. The van der Waals surface area contributed by atoms with E-state index in [0.717, 1.165) is 17.0 Å². The molecule has 0 aromatic carbocycles. The monoisotopic (exact) mass is 193 g/mol. The van der Waals surface area contributed by atoms with Crippen molar-refractivity contribution < 1.29 is 4.52 Å². The summed E-state index contributed by atoms with van der Waals surface area (Å²) in [6.07, 6.45) is 0. The largest absolute Gasteiger partial charge is 0.361 e. The Balaban J connectivity index is 2.64. The third-order valence-electron chi connectivity index (χ3n) is 2.12. The summed E-state index contributed by atoms with van der Waals surface area (Å²) in [5.41, 5.74) is 3.43. The molecule has 0 saturated heterocycles. The smallest absolute Gasteiger partial charge is 0.142 e. The third-order valence-corrected chi connectivity index (χ3v) is 3.16. The van der Waals surface area contributed by atoms with Gasteiger partial charge >= 0.3 is 0 Å². The average molecular weight is 193 g/mol. The number of rotatable bonds is 1. The van der Waals surface area contributed by atoms with Crippen molar-refractivity contribution in [3.05, 3.63) is 28.5 Å². The van der Waals surface area contributed by atoms with Crippen LogP contribution in [0.4, 0.5) is 0 Å². The molecular weight excluding hydrogens is 182 g/mol. The topological polar surface area (TPSA) is 26.0 Å². The average Bonchev–Trinajstić information content (AvgIpc) is 2.60. The molecule has 0 saturated carbocycles. The van der Waals surface area contributed by atoms with Gasteiger partial charge in [-0.05, 0) is 37.8 Å². The molecular formula is C10H11NOS. The molecule has 0 atom stereocenters. The van der Waals surface area contributed by atoms with Crippen LogP contribution in [0.25, 0.3) is 10.4 Å². The van der Waals surface area contributed by atoms with Gasteiger partial charge in [-0.15, -0.1) is 11.3 Å². The van der Waals surface area contributed by atoms with Crippen LogP contribution in [-0.4, -0.2) is 5.16 Å². The molecule has 0 N–H and O–H groups in total. The first kappa shape index (κ1) is 8.51. The van der Waals surface area contributed by atoms with Gasteiger partial charge in [0.25, 0.3) is 0 Å². The zero-order chi connectivity index (χ0) is 9.42. The molecule has 2 rings (SSSR count). The van der Waals surface area contributed by atoms with Crippen molar-refractivity contribution >= 4 is 11.3 Å². The SMILES string of the molecule is Cc1ccsc1-c1c(C)noc1C. The van der Waals surface area contributed by atoms with Gasteiger partial charge in [-0.3, -0.25) is 0 Å². The molecule has 2 aromatic heterocycles. The van der Waals surface area contributed by atoms with E-state index in [1.54, 1.807) is 11.3 Å². The molecule has 2 heterocycles. The lowest BCUT2D eigenvalue weighted by Crippen LogP contribution is -1.79. The fourth-order valence-corrected chi connectivity index (χ4v) is 2.51. The van der Waals surface area contributed by atoms with Crippen molar-refractivity contribution in [2.45, 2.75) is 20.8 Å². The summed E-state index contributed by atoms with van der Waals surface area (Å²) in [6, 6.07) is 2.12. The Kier molecular flexibility index (Phi) is 1.96. The van der Waals surface area contributed by atoms with E-state index in [1.807, 2.05) is 13.8 Å². The number of thiophene rings is 1. The van der Waals surface area contributed by atoms with Gasteiger partial charge in [0.15, 0.2) is 0 Å². The van der Waals surface area contributed by atoms with E-state index in [4.69, 9.17) is 4.52 Å². The standard InChI is InChI=1S/C10H11NOS/c1-6-4-5-13-10(6)9-7(2)11-12-8(9)3/h4-5H,1-3H3. The van der Waals surface area contributed by atoms with Crippen molar-refractivity contribution in [2.75, 3.05) is 0 Å². The summed E-state index contributed by atoms with van der Waals surface area (Å²) in [6.45, 7) is 6.04. The van der Waals surface area contributed by atoms with Gasteiger partial charge in [0.2, 0.25) is 0 Å². The van der Waals surface area contributed by atoms with Crippen LogP contribution < -0.4 is 0 Å². The molecule has 13 heavy (non-hydrogen) atoms. The van der Waals surface area contributed by atoms with Gasteiger partial charge in [-0.1, -0.05) is 5.16 Å². The second-order valence-electron chi connectivity index (χ2n) is 3.13. The van der Waals surface area contributed by atoms with Crippen LogP contribution in [0.3, 0.4) is 0 Å². The van der Waals surface area contributed by atoms with E-state index >= 15 is 0 Å². The Bertz CT molecular complexity index is 408. The van der Waals surface area contributed by atoms with Crippen LogP contribution in [0.2, 0.25) is 0 Å². The maximum absolute atomic E-state index is 5.13. The van der Waals surface area contributed by atoms with Gasteiger partial charge in [0.05, 0.1) is 11.3 Å². The van der Waals surface area contributed by atoms with Crippen LogP contribution in [-0.2, 0) is 0 Å². The lowest BCUT2D eigenvalue weighted by atomic mass is 10.1. The Hall–Kier alpha value is -1.09. The summed E-state index contributed by atoms with van der Waals surface area (Å²) in [5.74, 6) is 0.906. The number of aryl methyl sites for hydroxylation is 3. The lowest BCUT2D eigenvalue weighted by Gasteiger charge is -1.96. The Morgan fingerprint density at radius 3 is 2.54 bits per heavy atom. The number of hydrogen-bond donors (Lipinski definition) is 0. The summed E-state index contributed by atoms with van der Waals surface area (Å²) >= 11 is 1.74. The van der Waals surface area contributed by atoms with Crippen molar-refractivity contribution in [1.82, 2.24) is 5.16 Å². The summed E-state index contributed by atoms with van der Waals surface area (Å²) < 4.78 is 5.13. The molecule has 0 aliphatic rings. The summed E-state index contributed by atoms with van der Waals surface area (Å²) in [5, 5.41) is 6.04. The minimum Gasteiger partial charge on any atom is -0.361 e. The first-order valence-corrected chi connectivity index (χ1v) is 5.05. The minimum atomic E-state index is 0.906. The molecule has 2 aromatic rings. The molecule has 3 heteroatoms. The van der Waals surface area contributed by atoms with E-state index in [0.29, 0.717) is 0 Å². The highest BCUT2D eigenvalue weighted by Gasteiger charge is 2.13. The van der Waals surface area contributed by atoms with E-state index in [-0.39, 0.29) is 0 Å². The number of nitrogens with zero attached hydrogens (tertiary/aromatic N) is 1.